The SMILES string of the molecule is Cc1nc(-c2ccccc2F)n2c(=O)[nH]c(N)nc12. The Morgan fingerprint density at radius 2 is 2.05 bits per heavy atom. The van der Waals surface area contributed by atoms with E-state index in [9.17, 15) is 9.18 Å². The van der Waals surface area contributed by atoms with Crippen LogP contribution in [0.1, 0.15) is 5.69 Å². The Balaban J connectivity index is 2.44. The van der Waals surface area contributed by atoms with Crippen molar-refractivity contribution < 1.29 is 4.39 Å². The second-order valence-electron chi connectivity index (χ2n) is 4.09. The van der Waals surface area contributed by atoms with Gasteiger partial charge < -0.3 is 5.73 Å². The molecule has 0 fully saturated rings. The number of benzene rings is 1. The standard InChI is InChI=1S/C12H10FN5O/c1-6-9-16-11(14)17-12(19)18(9)10(15-6)7-4-2-3-5-8(7)13/h2-5H,1H3,(H3,14,16,17,19). The van der Waals surface area contributed by atoms with E-state index in [1.165, 1.54) is 10.5 Å². The Morgan fingerprint density at radius 1 is 1.32 bits per heavy atom. The molecule has 2 heterocycles. The number of H-pyrrole nitrogens is 1. The molecule has 96 valence electrons. The van der Waals surface area contributed by atoms with Gasteiger partial charge in [0.15, 0.2) is 11.5 Å². The third kappa shape index (κ3) is 1.67. The molecule has 0 aliphatic heterocycles. The van der Waals surface area contributed by atoms with Crippen molar-refractivity contribution in [2.75, 3.05) is 5.73 Å². The number of nitrogen functional groups attached to an aromatic ring is 1. The number of rotatable bonds is 1. The zero-order valence-electron chi connectivity index (χ0n) is 10.0. The number of aromatic amines is 1. The van der Waals surface area contributed by atoms with Crippen LogP contribution in [0.25, 0.3) is 17.0 Å². The van der Waals surface area contributed by atoms with Crippen LogP contribution in [0.4, 0.5) is 10.3 Å². The first-order valence-electron chi connectivity index (χ1n) is 5.57. The number of halogens is 1. The van der Waals surface area contributed by atoms with Crippen molar-refractivity contribution in [3.8, 4) is 11.4 Å². The highest BCUT2D eigenvalue weighted by Crippen LogP contribution is 2.22. The largest absolute Gasteiger partial charge is 0.369 e. The van der Waals surface area contributed by atoms with Crippen molar-refractivity contribution in [1.29, 1.82) is 0 Å². The highest BCUT2D eigenvalue weighted by Gasteiger charge is 2.16. The summed E-state index contributed by atoms with van der Waals surface area (Å²) in [6, 6.07) is 6.11. The molecule has 0 unspecified atom stereocenters. The normalized spacial score (nSPS) is 11.1. The lowest BCUT2D eigenvalue weighted by molar-refractivity contribution is 0.629. The molecule has 0 aliphatic rings. The van der Waals surface area contributed by atoms with Gasteiger partial charge in [-0.2, -0.15) is 4.98 Å². The Bertz CT molecular complexity index is 836. The first-order chi connectivity index (χ1) is 9.08. The van der Waals surface area contributed by atoms with Crippen LogP contribution < -0.4 is 11.4 Å². The van der Waals surface area contributed by atoms with E-state index in [0.717, 1.165) is 0 Å². The van der Waals surface area contributed by atoms with Gasteiger partial charge in [0, 0.05) is 0 Å². The van der Waals surface area contributed by atoms with Crippen LogP contribution in [0.2, 0.25) is 0 Å². The smallest absolute Gasteiger partial charge is 0.335 e. The molecule has 3 aromatic rings. The highest BCUT2D eigenvalue weighted by atomic mass is 19.1. The van der Waals surface area contributed by atoms with Crippen LogP contribution in [0.5, 0.6) is 0 Å². The molecular formula is C12H10FN5O. The maximum Gasteiger partial charge on any atom is 0.335 e. The summed E-state index contributed by atoms with van der Waals surface area (Å²) in [5.41, 5.74) is 6.06. The highest BCUT2D eigenvalue weighted by molar-refractivity contribution is 5.63. The fourth-order valence-corrected chi connectivity index (χ4v) is 1.97. The number of aryl methyl sites for hydroxylation is 1. The lowest BCUT2D eigenvalue weighted by Crippen LogP contribution is -2.20. The molecule has 1 aromatic carbocycles. The average molecular weight is 259 g/mol. The predicted octanol–water partition coefficient (Wildman–Crippen LogP) is 1.11. The van der Waals surface area contributed by atoms with E-state index < -0.39 is 11.5 Å². The van der Waals surface area contributed by atoms with Gasteiger partial charge in [0.1, 0.15) is 5.82 Å². The molecule has 7 heteroatoms. The molecule has 0 aliphatic carbocycles. The summed E-state index contributed by atoms with van der Waals surface area (Å²) in [4.78, 5) is 22.5. The van der Waals surface area contributed by atoms with Crippen molar-refractivity contribution in [2.24, 2.45) is 0 Å². The predicted molar refractivity (Wildman–Crippen MR) is 68.2 cm³/mol. The first kappa shape index (κ1) is 11.4. The maximum absolute atomic E-state index is 13.8. The first-order valence-corrected chi connectivity index (χ1v) is 5.57. The zero-order chi connectivity index (χ0) is 13.6. The third-order valence-corrected chi connectivity index (χ3v) is 2.80. The average Bonchev–Trinajstić information content (AvgIpc) is 2.67. The number of nitrogens with zero attached hydrogens (tertiary/aromatic N) is 3. The van der Waals surface area contributed by atoms with Crippen molar-refractivity contribution in [1.82, 2.24) is 19.4 Å². The van der Waals surface area contributed by atoms with E-state index >= 15 is 0 Å². The maximum atomic E-state index is 13.8. The molecule has 0 amide bonds. The van der Waals surface area contributed by atoms with Crippen LogP contribution in [-0.4, -0.2) is 19.4 Å². The third-order valence-electron chi connectivity index (χ3n) is 2.80. The summed E-state index contributed by atoms with van der Waals surface area (Å²) in [5, 5.41) is 0. The van der Waals surface area contributed by atoms with E-state index in [1.54, 1.807) is 25.1 Å². The van der Waals surface area contributed by atoms with Gasteiger partial charge in [0.25, 0.3) is 0 Å². The molecule has 2 aromatic heterocycles. The molecular weight excluding hydrogens is 249 g/mol. The summed E-state index contributed by atoms with van der Waals surface area (Å²) < 4.78 is 15.0. The zero-order valence-corrected chi connectivity index (χ0v) is 10.0. The number of aromatic nitrogens is 4. The van der Waals surface area contributed by atoms with Gasteiger partial charge in [-0.1, -0.05) is 12.1 Å². The summed E-state index contributed by atoms with van der Waals surface area (Å²) in [5.74, 6) is -0.245. The van der Waals surface area contributed by atoms with E-state index in [4.69, 9.17) is 5.73 Å². The lowest BCUT2D eigenvalue weighted by atomic mass is 10.2. The molecule has 19 heavy (non-hydrogen) atoms. The number of hydrogen-bond donors (Lipinski definition) is 2. The van der Waals surface area contributed by atoms with Gasteiger partial charge in [-0.15, -0.1) is 0 Å². The van der Waals surface area contributed by atoms with Gasteiger partial charge in [-0.25, -0.2) is 18.6 Å². The quantitative estimate of drug-likeness (QED) is 0.685. The Labute approximate surface area is 106 Å². The van der Waals surface area contributed by atoms with Gasteiger partial charge >= 0.3 is 5.69 Å². The second kappa shape index (κ2) is 3.91. The van der Waals surface area contributed by atoms with E-state index in [0.29, 0.717) is 11.3 Å². The molecule has 0 saturated heterocycles. The molecule has 3 N–H and O–H groups in total. The van der Waals surface area contributed by atoms with E-state index in [1.807, 2.05) is 0 Å². The summed E-state index contributed by atoms with van der Waals surface area (Å²) >= 11 is 0. The van der Waals surface area contributed by atoms with Crippen molar-refractivity contribution in [3.63, 3.8) is 0 Å². The van der Waals surface area contributed by atoms with Crippen LogP contribution in [-0.2, 0) is 0 Å². The van der Waals surface area contributed by atoms with E-state index in [2.05, 4.69) is 15.0 Å². The number of hydrogen-bond acceptors (Lipinski definition) is 4. The summed E-state index contributed by atoms with van der Waals surface area (Å²) in [6.07, 6.45) is 0. The molecule has 3 rings (SSSR count). The van der Waals surface area contributed by atoms with E-state index in [-0.39, 0.29) is 17.3 Å². The fraction of sp³-hybridized carbons (Fsp3) is 0.0833. The summed E-state index contributed by atoms with van der Waals surface area (Å²) in [7, 11) is 0. The fourth-order valence-electron chi connectivity index (χ4n) is 1.97. The summed E-state index contributed by atoms with van der Waals surface area (Å²) in [6.45, 7) is 1.69. The second-order valence-corrected chi connectivity index (χ2v) is 4.09. The molecule has 6 nitrogen and oxygen atoms in total. The molecule has 0 radical (unpaired) electrons. The van der Waals surface area contributed by atoms with Crippen LogP contribution in [0.3, 0.4) is 0 Å². The number of anilines is 1. The van der Waals surface area contributed by atoms with Crippen LogP contribution >= 0.6 is 0 Å². The Morgan fingerprint density at radius 3 is 2.79 bits per heavy atom. The van der Waals surface area contributed by atoms with Crippen molar-refractivity contribution in [3.05, 3.63) is 46.3 Å². The van der Waals surface area contributed by atoms with Crippen molar-refractivity contribution >= 4 is 11.6 Å². The van der Waals surface area contributed by atoms with Gasteiger partial charge in [-0.05, 0) is 19.1 Å². The topological polar surface area (TPSA) is 89.1 Å². The van der Waals surface area contributed by atoms with Gasteiger partial charge in [0.05, 0.1) is 11.3 Å². The molecule has 0 bridgehead atoms. The molecule has 0 spiro atoms. The van der Waals surface area contributed by atoms with Crippen LogP contribution in [0.15, 0.2) is 29.1 Å². The van der Waals surface area contributed by atoms with Gasteiger partial charge in [-0.3, -0.25) is 4.98 Å². The lowest BCUT2D eigenvalue weighted by Gasteiger charge is -2.01. The minimum atomic E-state index is -0.499. The van der Waals surface area contributed by atoms with Crippen LogP contribution in [0, 0.1) is 12.7 Å². The monoisotopic (exact) mass is 259 g/mol. The number of nitrogens with two attached hydrogens (primary N) is 1. The minimum absolute atomic E-state index is 0.000540. The molecule has 0 saturated carbocycles. The Kier molecular flexibility index (Phi) is 2.34. The minimum Gasteiger partial charge on any atom is -0.369 e. The molecule has 0 atom stereocenters. The van der Waals surface area contributed by atoms with Gasteiger partial charge in [0.2, 0.25) is 5.95 Å². The number of nitrogens with one attached hydrogen (secondary N) is 1. The van der Waals surface area contributed by atoms with Crippen molar-refractivity contribution in [2.45, 2.75) is 6.92 Å². The number of imidazole rings is 1. The Hall–Kier alpha value is -2.70. The number of fused-ring (bicyclic) bond motifs is 1.